The van der Waals surface area contributed by atoms with Gasteiger partial charge in [-0.05, 0) is 53.1 Å². The molecule has 198 valence electrons. The summed E-state index contributed by atoms with van der Waals surface area (Å²) in [7, 11) is 1.55. The Hall–Kier alpha value is -3.60. The lowest BCUT2D eigenvalue weighted by Gasteiger charge is -2.23. The van der Waals surface area contributed by atoms with Crippen molar-refractivity contribution in [2.75, 3.05) is 7.11 Å². The van der Waals surface area contributed by atoms with Crippen molar-refractivity contribution >= 4 is 73.1 Å². The van der Waals surface area contributed by atoms with Crippen molar-refractivity contribution in [3.05, 3.63) is 99.0 Å². The average molecular weight is 624 g/mol. The Morgan fingerprint density at radius 1 is 1.15 bits per heavy atom. The molecule has 39 heavy (non-hydrogen) atoms. The number of halogens is 1. The number of carboxylic acids is 1. The Balaban J connectivity index is 1.34. The Labute approximate surface area is 242 Å². The van der Waals surface area contributed by atoms with Gasteiger partial charge in [-0.25, -0.2) is 4.79 Å². The van der Waals surface area contributed by atoms with E-state index in [1.807, 2.05) is 54.6 Å². The first-order valence-electron chi connectivity index (χ1n) is 11.9. The molecule has 0 saturated carbocycles. The number of ether oxygens (including phenoxy) is 2. The Morgan fingerprint density at radius 3 is 2.67 bits per heavy atom. The van der Waals surface area contributed by atoms with Crippen molar-refractivity contribution in [1.82, 2.24) is 9.88 Å². The molecular formula is C29H23BrN2O5S2. The number of thiocarbonyl (C=S) groups is 1. The van der Waals surface area contributed by atoms with Gasteiger partial charge in [0.05, 0.1) is 12.0 Å². The lowest BCUT2D eigenvalue weighted by Crippen LogP contribution is -2.45. The molecule has 1 aliphatic rings. The minimum Gasteiger partial charge on any atom is -0.493 e. The molecular weight excluding hydrogens is 600 g/mol. The van der Waals surface area contributed by atoms with Crippen LogP contribution in [0.3, 0.4) is 0 Å². The van der Waals surface area contributed by atoms with Crippen LogP contribution in [0.2, 0.25) is 0 Å². The van der Waals surface area contributed by atoms with E-state index in [1.54, 1.807) is 31.5 Å². The number of aliphatic carboxylic acids is 1. The predicted molar refractivity (Wildman–Crippen MR) is 160 cm³/mol. The number of fused-ring (bicyclic) bond motifs is 1. The third kappa shape index (κ3) is 5.88. The molecule has 2 heterocycles. The standard InChI is InChI=1S/C29H23BrN2O5S2/c1-36-25-12-18(8-11-24(25)37-16-17-6-9-20(30)10-7-17)13-26-27(33)32(29(38)39-26)23(28(34)35)14-19-15-31-22-5-3-2-4-21(19)22/h2-13,15,23,31H,14,16H2,1H3,(H,34,35)/b26-13-. The smallest absolute Gasteiger partial charge is 0.327 e. The molecule has 0 radical (unpaired) electrons. The van der Waals surface area contributed by atoms with E-state index in [0.717, 1.165) is 38.3 Å². The van der Waals surface area contributed by atoms with Crippen LogP contribution in [0.4, 0.5) is 0 Å². The minimum atomic E-state index is -1.13. The summed E-state index contributed by atoms with van der Waals surface area (Å²) in [5.41, 5.74) is 3.42. The van der Waals surface area contributed by atoms with Crippen molar-refractivity contribution in [2.45, 2.75) is 19.1 Å². The van der Waals surface area contributed by atoms with Gasteiger partial charge in [0.15, 0.2) is 11.5 Å². The predicted octanol–water partition coefficient (Wildman–Crippen LogP) is 6.42. The number of aromatic amines is 1. The number of hydrogen-bond acceptors (Lipinski definition) is 6. The number of nitrogens with zero attached hydrogens (tertiary/aromatic N) is 1. The molecule has 4 aromatic rings. The molecule has 1 atom stereocenters. The average Bonchev–Trinajstić information content (AvgIpc) is 3.46. The maximum Gasteiger partial charge on any atom is 0.327 e. The molecule has 5 rings (SSSR count). The first-order chi connectivity index (χ1) is 18.8. The van der Waals surface area contributed by atoms with Crippen LogP contribution < -0.4 is 9.47 Å². The molecule has 0 bridgehead atoms. The number of rotatable bonds is 9. The molecule has 1 unspecified atom stereocenters. The molecule has 0 spiro atoms. The molecule has 1 aliphatic heterocycles. The normalized spacial score (nSPS) is 15.2. The number of carbonyl (C=O) groups is 2. The largest absolute Gasteiger partial charge is 0.493 e. The highest BCUT2D eigenvalue weighted by Gasteiger charge is 2.40. The van der Waals surface area contributed by atoms with E-state index in [0.29, 0.717) is 28.6 Å². The van der Waals surface area contributed by atoms with Gasteiger partial charge < -0.3 is 19.6 Å². The fraction of sp³-hybridized carbons (Fsp3) is 0.138. The van der Waals surface area contributed by atoms with E-state index in [4.69, 9.17) is 21.7 Å². The van der Waals surface area contributed by atoms with Gasteiger partial charge in [0.1, 0.15) is 17.0 Å². The summed E-state index contributed by atoms with van der Waals surface area (Å²) in [5, 5.41) is 11.0. The maximum absolute atomic E-state index is 13.4. The summed E-state index contributed by atoms with van der Waals surface area (Å²) in [4.78, 5) is 30.4. The molecule has 7 nitrogen and oxygen atoms in total. The van der Waals surface area contributed by atoms with Crippen LogP contribution >= 0.6 is 39.9 Å². The Bertz CT molecular complexity index is 1600. The molecule has 1 aromatic heterocycles. The SMILES string of the molecule is COc1cc(/C=C2\SC(=S)N(C(Cc3c[nH]c4ccccc34)C(=O)O)C2=O)ccc1OCc1ccc(Br)cc1. The van der Waals surface area contributed by atoms with Gasteiger partial charge in [-0.15, -0.1) is 0 Å². The zero-order valence-corrected chi connectivity index (χ0v) is 23.9. The summed E-state index contributed by atoms with van der Waals surface area (Å²) in [6.45, 7) is 0.370. The van der Waals surface area contributed by atoms with Gasteiger partial charge in [0, 0.05) is 28.0 Å². The number of benzene rings is 3. The fourth-order valence-corrected chi connectivity index (χ4v) is 5.95. The number of aromatic nitrogens is 1. The number of amides is 1. The Kier molecular flexibility index (Phi) is 8.06. The summed E-state index contributed by atoms with van der Waals surface area (Å²) in [6.07, 6.45) is 3.59. The number of hydrogen-bond donors (Lipinski definition) is 2. The van der Waals surface area contributed by atoms with E-state index in [1.165, 1.54) is 4.90 Å². The van der Waals surface area contributed by atoms with Gasteiger partial charge in [0.2, 0.25) is 0 Å². The summed E-state index contributed by atoms with van der Waals surface area (Å²) >= 11 is 9.97. The molecule has 0 aliphatic carbocycles. The Morgan fingerprint density at radius 2 is 1.92 bits per heavy atom. The zero-order chi connectivity index (χ0) is 27.5. The molecule has 2 N–H and O–H groups in total. The van der Waals surface area contributed by atoms with E-state index in [-0.39, 0.29) is 10.7 Å². The molecule has 10 heteroatoms. The second-order valence-electron chi connectivity index (χ2n) is 8.79. The van der Waals surface area contributed by atoms with E-state index in [9.17, 15) is 14.7 Å². The topological polar surface area (TPSA) is 91.9 Å². The van der Waals surface area contributed by atoms with Crippen LogP contribution in [0.25, 0.3) is 17.0 Å². The lowest BCUT2D eigenvalue weighted by atomic mass is 10.0. The van der Waals surface area contributed by atoms with Crippen LogP contribution in [-0.2, 0) is 22.6 Å². The highest BCUT2D eigenvalue weighted by molar-refractivity contribution is 9.10. The number of para-hydroxylation sites is 1. The molecule has 1 amide bonds. The molecule has 3 aromatic carbocycles. The van der Waals surface area contributed by atoms with Crippen LogP contribution in [0.5, 0.6) is 11.5 Å². The first kappa shape index (κ1) is 27.0. The summed E-state index contributed by atoms with van der Waals surface area (Å²) in [6, 6.07) is 19.7. The number of carboxylic acid groups (broad SMARTS) is 1. The number of methoxy groups -OCH3 is 1. The van der Waals surface area contributed by atoms with Crippen molar-refractivity contribution in [2.24, 2.45) is 0 Å². The molecule has 1 fully saturated rings. The van der Waals surface area contributed by atoms with Gasteiger partial charge in [-0.2, -0.15) is 0 Å². The van der Waals surface area contributed by atoms with Crippen molar-refractivity contribution in [3.8, 4) is 11.5 Å². The van der Waals surface area contributed by atoms with Gasteiger partial charge >= 0.3 is 5.97 Å². The monoisotopic (exact) mass is 622 g/mol. The fourth-order valence-electron chi connectivity index (χ4n) is 4.33. The summed E-state index contributed by atoms with van der Waals surface area (Å²) < 4.78 is 12.7. The third-order valence-electron chi connectivity index (χ3n) is 6.30. The second kappa shape index (κ2) is 11.6. The second-order valence-corrected chi connectivity index (χ2v) is 11.4. The van der Waals surface area contributed by atoms with E-state index >= 15 is 0 Å². The highest BCUT2D eigenvalue weighted by atomic mass is 79.9. The van der Waals surface area contributed by atoms with Crippen molar-refractivity contribution in [1.29, 1.82) is 0 Å². The molecule has 1 saturated heterocycles. The van der Waals surface area contributed by atoms with Crippen LogP contribution in [0.15, 0.2) is 82.3 Å². The van der Waals surface area contributed by atoms with Crippen LogP contribution in [-0.4, -0.2) is 44.3 Å². The maximum atomic E-state index is 13.4. The van der Waals surface area contributed by atoms with E-state index < -0.39 is 17.9 Å². The summed E-state index contributed by atoms with van der Waals surface area (Å²) in [5.74, 6) is -0.479. The number of thioether (sulfide) groups is 1. The number of carbonyl (C=O) groups excluding carboxylic acids is 1. The third-order valence-corrected chi connectivity index (χ3v) is 8.16. The minimum absolute atomic E-state index is 0.122. The van der Waals surface area contributed by atoms with Gasteiger partial charge in [0.25, 0.3) is 5.91 Å². The van der Waals surface area contributed by atoms with Crippen LogP contribution in [0.1, 0.15) is 16.7 Å². The van der Waals surface area contributed by atoms with Gasteiger partial charge in [-0.3, -0.25) is 9.69 Å². The first-order valence-corrected chi connectivity index (χ1v) is 14.0. The van der Waals surface area contributed by atoms with E-state index in [2.05, 4.69) is 20.9 Å². The quantitative estimate of drug-likeness (QED) is 0.164. The highest BCUT2D eigenvalue weighted by Crippen LogP contribution is 2.37. The zero-order valence-electron chi connectivity index (χ0n) is 20.7. The number of nitrogens with one attached hydrogen (secondary N) is 1. The lowest BCUT2D eigenvalue weighted by molar-refractivity contribution is -0.145. The van der Waals surface area contributed by atoms with Gasteiger partial charge in [-0.1, -0.05) is 76.3 Å². The van der Waals surface area contributed by atoms with Crippen molar-refractivity contribution < 1.29 is 24.2 Å². The van der Waals surface area contributed by atoms with Crippen molar-refractivity contribution in [3.63, 3.8) is 0 Å². The van der Waals surface area contributed by atoms with Crippen LogP contribution in [0, 0.1) is 0 Å². The number of H-pyrrole nitrogens is 1.